The number of hydrogen-bond donors (Lipinski definition) is 1. The third-order valence-electron chi connectivity index (χ3n) is 3.02. The van der Waals surface area contributed by atoms with Crippen LogP contribution in [0.25, 0.3) is 0 Å². The largest absolute Gasteiger partial charge is 0.273 e. The first-order valence-corrected chi connectivity index (χ1v) is 7.75. The minimum Gasteiger partial charge on any atom is -0.273 e. The van der Waals surface area contributed by atoms with E-state index in [1.54, 1.807) is 25.4 Å². The van der Waals surface area contributed by atoms with E-state index in [9.17, 15) is 13.2 Å². The summed E-state index contributed by atoms with van der Waals surface area (Å²) in [4.78, 5) is 15.7. The molecule has 1 saturated heterocycles. The Morgan fingerprint density at radius 3 is 2.89 bits per heavy atom. The lowest BCUT2D eigenvalue weighted by molar-refractivity contribution is -0.124. The highest BCUT2D eigenvalue weighted by molar-refractivity contribution is 7.91. The van der Waals surface area contributed by atoms with Crippen molar-refractivity contribution in [1.82, 2.24) is 10.4 Å². The Labute approximate surface area is 111 Å². The molecule has 102 valence electrons. The number of aromatic nitrogens is 1. The van der Waals surface area contributed by atoms with Crippen LogP contribution in [0.15, 0.2) is 29.6 Å². The van der Waals surface area contributed by atoms with E-state index in [4.69, 9.17) is 0 Å². The maximum atomic E-state index is 11.8. The molecule has 0 radical (unpaired) electrons. The molecule has 0 spiro atoms. The lowest BCUT2D eigenvalue weighted by Gasteiger charge is -2.06. The summed E-state index contributed by atoms with van der Waals surface area (Å²) in [7, 11) is -3.05. The van der Waals surface area contributed by atoms with Crippen LogP contribution < -0.4 is 5.43 Å². The molecule has 2 heterocycles. The number of rotatable bonds is 3. The van der Waals surface area contributed by atoms with Gasteiger partial charge in [0.25, 0.3) is 0 Å². The van der Waals surface area contributed by atoms with E-state index in [0.29, 0.717) is 12.1 Å². The van der Waals surface area contributed by atoms with Gasteiger partial charge in [-0.05, 0) is 19.4 Å². The number of nitrogens with one attached hydrogen (secondary N) is 1. The van der Waals surface area contributed by atoms with Crippen molar-refractivity contribution in [3.05, 3.63) is 30.1 Å². The van der Waals surface area contributed by atoms with Gasteiger partial charge in [0, 0.05) is 18.0 Å². The van der Waals surface area contributed by atoms with Crippen molar-refractivity contribution in [3.8, 4) is 0 Å². The molecule has 1 aliphatic rings. The zero-order valence-corrected chi connectivity index (χ0v) is 11.4. The first kappa shape index (κ1) is 13.7. The monoisotopic (exact) mass is 281 g/mol. The van der Waals surface area contributed by atoms with Gasteiger partial charge in [0.2, 0.25) is 5.91 Å². The molecule has 0 aliphatic carbocycles. The predicted molar refractivity (Wildman–Crippen MR) is 71.4 cm³/mol. The third-order valence-corrected chi connectivity index (χ3v) is 4.78. The fraction of sp³-hybridized carbons (Fsp3) is 0.417. The van der Waals surface area contributed by atoms with Crippen molar-refractivity contribution >= 4 is 21.5 Å². The smallest absolute Gasteiger partial charge is 0.244 e. The first-order chi connectivity index (χ1) is 8.98. The molecule has 0 unspecified atom stereocenters. The van der Waals surface area contributed by atoms with E-state index in [0.717, 1.165) is 5.56 Å². The quantitative estimate of drug-likeness (QED) is 0.640. The number of amides is 1. The van der Waals surface area contributed by atoms with Gasteiger partial charge in [-0.25, -0.2) is 13.8 Å². The summed E-state index contributed by atoms with van der Waals surface area (Å²) in [6.07, 6.45) is 3.67. The average molecular weight is 281 g/mol. The number of pyridine rings is 1. The molecule has 1 atom stereocenters. The van der Waals surface area contributed by atoms with Gasteiger partial charge in [0.15, 0.2) is 9.84 Å². The van der Waals surface area contributed by atoms with Crippen LogP contribution in [0.4, 0.5) is 0 Å². The topological polar surface area (TPSA) is 88.5 Å². The van der Waals surface area contributed by atoms with Crippen LogP contribution in [0.2, 0.25) is 0 Å². The summed E-state index contributed by atoms with van der Waals surface area (Å²) in [6, 6.07) is 3.61. The van der Waals surface area contributed by atoms with Crippen LogP contribution in [0.3, 0.4) is 0 Å². The second kappa shape index (κ2) is 5.48. The number of carbonyl (C=O) groups excluding carboxylic acids is 1. The Morgan fingerprint density at radius 1 is 1.53 bits per heavy atom. The fourth-order valence-electron chi connectivity index (χ4n) is 1.87. The summed E-state index contributed by atoms with van der Waals surface area (Å²) in [6.45, 7) is 1.75. The molecular weight excluding hydrogens is 266 g/mol. The Morgan fingerprint density at radius 2 is 2.32 bits per heavy atom. The van der Waals surface area contributed by atoms with Crippen LogP contribution in [0.5, 0.6) is 0 Å². The Bertz CT molecular complexity index is 596. The highest BCUT2D eigenvalue weighted by atomic mass is 32.2. The van der Waals surface area contributed by atoms with Crippen LogP contribution in [0.1, 0.15) is 18.9 Å². The third kappa shape index (κ3) is 3.60. The zero-order chi connectivity index (χ0) is 13.9. The van der Waals surface area contributed by atoms with Crippen molar-refractivity contribution in [2.45, 2.75) is 13.3 Å². The fourth-order valence-corrected chi connectivity index (χ4v) is 3.61. The highest BCUT2D eigenvalue weighted by Gasteiger charge is 2.32. The SMILES string of the molecule is C/C(=N/NC(=O)[C@H]1CCS(=O)(=O)C1)c1cccnc1. The maximum absolute atomic E-state index is 11.8. The van der Waals surface area contributed by atoms with E-state index in [-0.39, 0.29) is 17.4 Å². The van der Waals surface area contributed by atoms with Crippen molar-refractivity contribution in [2.75, 3.05) is 11.5 Å². The molecule has 1 amide bonds. The average Bonchev–Trinajstić information content (AvgIpc) is 2.77. The highest BCUT2D eigenvalue weighted by Crippen LogP contribution is 2.18. The van der Waals surface area contributed by atoms with Gasteiger partial charge in [0.05, 0.1) is 23.1 Å². The summed E-state index contributed by atoms with van der Waals surface area (Å²) in [5.74, 6) is -0.837. The molecule has 1 fully saturated rings. The Balaban J connectivity index is 1.97. The van der Waals surface area contributed by atoms with Gasteiger partial charge < -0.3 is 0 Å². The summed E-state index contributed by atoms with van der Waals surface area (Å²) in [5.41, 5.74) is 3.85. The van der Waals surface area contributed by atoms with Gasteiger partial charge in [-0.15, -0.1) is 0 Å². The van der Waals surface area contributed by atoms with Crippen molar-refractivity contribution in [3.63, 3.8) is 0 Å². The van der Waals surface area contributed by atoms with Gasteiger partial charge in [-0.2, -0.15) is 5.10 Å². The number of sulfone groups is 1. The van der Waals surface area contributed by atoms with Gasteiger partial charge >= 0.3 is 0 Å². The summed E-state index contributed by atoms with van der Waals surface area (Å²) >= 11 is 0. The molecule has 1 aromatic heterocycles. The van der Waals surface area contributed by atoms with Gasteiger partial charge in [-0.3, -0.25) is 9.78 Å². The zero-order valence-electron chi connectivity index (χ0n) is 10.5. The van der Waals surface area contributed by atoms with Crippen LogP contribution in [-0.4, -0.2) is 36.5 Å². The molecule has 0 saturated carbocycles. The second-order valence-electron chi connectivity index (χ2n) is 4.51. The molecule has 1 aliphatic heterocycles. The van der Waals surface area contributed by atoms with E-state index in [1.165, 1.54) is 0 Å². The molecule has 7 heteroatoms. The molecule has 6 nitrogen and oxygen atoms in total. The van der Waals surface area contributed by atoms with E-state index in [1.807, 2.05) is 6.07 Å². The summed E-state index contributed by atoms with van der Waals surface area (Å²) < 4.78 is 22.6. The van der Waals surface area contributed by atoms with Crippen molar-refractivity contribution in [1.29, 1.82) is 0 Å². The lowest BCUT2D eigenvalue weighted by Crippen LogP contribution is -2.28. The number of nitrogens with zero attached hydrogens (tertiary/aromatic N) is 2. The minimum atomic E-state index is -3.05. The maximum Gasteiger partial charge on any atom is 0.244 e. The van der Waals surface area contributed by atoms with Crippen LogP contribution >= 0.6 is 0 Å². The molecule has 2 rings (SSSR count). The molecule has 1 aromatic rings. The van der Waals surface area contributed by atoms with Gasteiger partial charge in [-0.1, -0.05) is 6.07 Å². The minimum absolute atomic E-state index is 0.0798. The van der Waals surface area contributed by atoms with E-state index in [2.05, 4.69) is 15.5 Å². The Kier molecular flexibility index (Phi) is 3.94. The van der Waals surface area contributed by atoms with Gasteiger partial charge in [0.1, 0.15) is 0 Å². The molecular formula is C12H15N3O3S. The van der Waals surface area contributed by atoms with Crippen LogP contribution in [-0.2, 0) is 14.6 Å². The van der Waals surface area contributed by atoms with Crippen molar-refractivity contribution < 1.29 is 13.2 Å². The van der Waals surface area contributed by atoms with E-state index >= 15 is 0 Å². The van der Waals surface area contributed by atoms with E-state index < -0.39 is 15.8 Å². The molecule has 0 bridgehead atoms. The molecule has 0 aromatic carbocycles. The second-order valence-corrected chi connectivity index (χ2v) is 6.74. The molecule has 1 N–H and O–H groups in total. The molecule has 19 heavy (non-hydrogen) atoms. The number of hydrazone groups is 1. The van der Waals surface area contributed by atoms with Crippen LogP contribution in [0, 0.1) is 5.92 Å². The van der Waals surface area contributed by atoms with Crippen molar-refractivity contribution in [2.24, 2.45) is 11.0 Å². The first-order valence-electron chi connectivity index (χ1n) is 5.93. The number of hydrogen-bond acceptors (Lipinski definition) is 5. The Hall–Kier alpha value is -1.76. The normalized spacial score (nSPS) is 22.2. The standard InChI is InChI=1S/C12H15N3O3S/c1-9(10-3-2-5-13-7-10)14-15-12(16)11-4-6-19(17,18)8-11/h2-3,5,7,11H,4,6,8H2,1H3,(H,15,16)/b14-9-/t11-/m0/s1. The summed E-state index contributed by atoms with van der Waals surface area (Å²) in [5, 5.41) is 3.97. The predicted octanol–water partition coefficient (Wildman–Crippen LogP) is 0.357. The number of carbonyl (C=O) groups is 1. The lowest BCUT2D eigenvalue weighted by atomic mass is 10.1.